The number of piperidine rings is 1. The number of rotatable bonds is 6. The highest BCUT2D eigenvalue weighted by atomic mass is 19.1. The van der Waals surface area contributed by atoms with Crippen LogP contribution in [0.5, 0.6) is 5.75 Å². The van der Waals surface area contributed by atoms with Crippen molar-refractivity contribution < 1.29 is 18.7 Å². The Hall–Kier alpha value is -3.79. The number of halogens is 1. The molecule has 4 aromatic rings. The maximum atomic E-state index is 14.8. The quantitative estimate of drug-likeness (QED) is 0.309. The maximum absolute atomic E-state index is 14.8. The van der Waals surface area contributed by atoms with Gasteiger partial charge >= 0.3 is 0 Å². The highest BCUT2D eigenvalue weighted by molar-refractivity contribution is 5.95. The predicted molar refractivity (Wildman–Crippen MR) is 150 cm³/mol. The van der Waals surface area contributed by atoms with Crippen molar-refractivity contribution in [2.24, 2.45) is 7.05 Å². The van der Waals surface area contributed by atoms with Crippen molar-refractivity contribution in [3.63, 3.8) is 0 Å². The number of aromatic nitrogens is 5. The second kappa shape index (κ2) is 10.6. The molecule has 1 aliphatic heterocycles. The minimum Gasteiger partial charge on any atom is -0.494 e. The molecule has 1 saturated heterocycles. The van der Waals surface area contributed by atoms with E-state index in [9.17, 15) is 9.18 Å². The number of ether oxygens (including phenoxy) is 2. The van der Waals surface area contributed by atoms with Crippen LogP contribution in [0.2, 0.25) is 0 Å². The minimum absolute atomic E-state index is 0.0280. The molecule has 3 heterocycles. The smallest absolute Gasteiger partial charge is 0.227 e. The first-order valence-corrected chi connectivity index (χ1v) is 14.0. The van der Waals surface area contributed by atoms with Crippen LogP contribution in [0.4, 0.5) is 10.1 Å². The first-order valence-electron chi connectivity index (χ1n) is 14.0. The molecular formula is C30H35FN6O3. The van der Waals surface area contributed by atoms with Crippen molar-refractivity contribution in [2.75, 3.05) is 19.1 Å². The first-order chi connectivity index (χ1) is 19.4. The number of benzene rings is 2. The van der Waals surface area contributed by atoms with Crippen LogP contribution in [0.25, 0.3) is 22.3 Å². The van der Waals surface area contributed by atoms with Gasteiger partial charge < -0.3 is 18.9 Å². The third-order valence-electron chi connectivity index (χ3n) is 8.49. The molecule has 10 heteroatoms. The van der Waals surface area contributed by atoms with Gasteiger partial charge in [0, 0.05) is 43.9 Å². The van der Waals surface area contributed by atoms with Crippen LogP contribution in [0.1, 0.15) is 68.5 Å². The van der Waals surface area contributed by atoms with Crippen molar-refractivity contribution in [2.45, 2.75) is 70.1 Å². The van der Waals surface area contributed by atoms with Crippen LogP contribution >= 0.6 is 0 Å². The number of amides is 1. The number of anilines is 1. The molecule has 1 aliphatic carbocycles. The van der Waals surface area contributed by atoms with Crippen LogP contribution in [0, 0.1) is 12.7 Å². The molecule has 1 atom stereocenters. The number of imidazole rings is 1. The van der Waals surface area contributed by atoms with Crippen LogP contribution in [-0.4, -0.2) is 50.8 Å². The lowest BCUT2D eigenvalue weighted by atomic mass is 9.91. The SMILES string of the molecule is COc1ccc(N2C(=O)CCCC2c2nc3cc(-c4c(C)nnn4C)ccc3n2C2CCC(OC)CC2)cc1F. The number of aryl methyl sites for hydroxylation is 2. The van der Waals surface area contributed by atoms with E-state index in [-0.39, 0.29) is 29.8 Å². The maximum Gasteiger partial charge on any atom is 0.227 e. The molecule has 0 bridgehead atoms. The molecule has 2 aromatic carbocycles. The normalized spacial score (nSPS) is 21.8. The second-order valence-electron chi connectivity index (χ2n) is 10.8. The fraction of sp³-hybridized carbons (Fsp3) is 0.467. The van der Waals surface area contributed by atoms with Gasteiger partial charge in [-0.05, 0) is 69.7 Å². The molecule has 1 saturated carbocycles. The summed E-state index contributed by atoms with van der Waals surface area (Å²) in [6.45, 7) is 1.95. The summed E-state index contributed by atoms with van der Waals surface area (Å²) in [7, 11) is 5.10. The predicted octanol–water partition coefficient (Wildman–Crippen LogP) is 5.68. The Balaban J connectivity index is 1.49. The molecule has 2 aliphatic rings. The van der Waals surface area contributed by atoms with E-state index >= 15 is 0 Å². The highest BCUT2D eigenvalue weighted by Gasteiger charge is 2.36. The molecule has 0 N–H and O–H groups in total. The summed E-state index contributed by atoms with van der Waals surface area (Å²) in [5.74, 6) is 0.477. The lowest BCUT2D eigenvalue weighted by molar-refractivity contribution is -0.120. The van der Waals surface area contributed by atoms with Gasteiger partial charge in [0.25, 0.3) is 0 Å². The Morgan fingerprint density at radius 1 is 1.02 bits per heavy atom. The van der Waals surface area contributed by atoms with Crippen LogP contribution in [-0.2, 0) is 16.6 Å². The summed E-state index contributed by atoms with van der Waals surface area (Å²) in [6.07, 6.45) is 6.03. The molecule has 0 spiro atoms. The number of methoxy groups -OCH3 is 2. The summed E-state index contributed by atoms with van der Waals surface area (Å²) >= 11 is 0. The summed E-state index contributed by atoms with van der Waals surface area (Å²) in [5, 5.41) is 8.39. The van der Waals surface area contributed by atoms with E-state index in [1.165, 1.54) is 13.2 Å². The molecule has 40 heavy (non-hydrogen) atoms. The van der Waals surface area contributed by atoms with Gasteiger partial charge in [0.1, 0.15) is 5.82 Å². The molecule has 2 aromatic heterocycles. The molecule has 210 valence electrons. The monoisotopic (exact) mass is 546 g/mol. The molecule has 9 nitrogen and oxygen atoms in total. The minimum atomic E-state index is -0.492. The van der Waals surface area contributed by atoms with E-state index in [0.717, 1.165) is 72.3 Å². The van der Waals surface area contributed by atoms with Crippen molar-refractivity contribution in [3.8, 4) is 17.0 Å². The van der Waals surface area contributed by atoms with Crippen LogP contribution in [0.15, 0.2) is 36.4 Å². The Labute approximate surface area is 232 Å². The number of hydrogen-bond acceptors (Lipinski definition) is 6. The number of fused-ring (bicyclic) bond motifs is 1. The zero-order valence-corrected chi connectivity index (χ0v) is 23.4. The molecule has 2 fully saturated rings. The Bertz CT molecular complexity index is 1540. The van der Waals surface area contributed by atoms with E-state index < -0.39 is 5.82 Å². The van der Waals surface area contributed by atoms with E-state index in [2.05, 4.69) is 33.1 Å². The van der Waals surface area contributed by atoms with Crippen molar-refractivity contribution in [3.05, 3.63) is 53.7 Å². The largest absolute Gasteiger partial charge is 0.494 e. The number of carbonyl (C=O) groups is 1. The highest BCUT2D eigenvalue weighted by Crippen LogP contribution is 2.42. The van der Waals surface area contributed by atoms with Crippen LogP contribution in [0.3, 0.4) is 0 Å². The van der Waals surface area contributed by atoms with E-state index in [4.69, 9.17) is 14.5 Å². The van der Waals surface area contributed by atoms with Gasteiger partial charge in [0.2, 0.25) is 5.91 Å². The lowest BCUT2D eigenvalue weighted by Gasteiger charge is -2.37. The summed E-state index contributed by atoms with van der Waals surface area (Å²) in [6, 6.07) is 10.9. The van der Waals surface area contributed by atoms with Gasteiger partial charge in [-0.25, -0.2) is 14.1 Å². The van der Waals surface area contributed by atoms with Gasteiger partial charge in [-0.2, -0.15) is 0 Å². The molecule has 0 radical (unpaired) electrons. The van der Waals surface area contributed by atoms with Crippen molar-refractivity contribution in [1.29, 1.82) is 0 Å². The number of carbonyl (C=O) groups excluding carboxylic acids is 1. The second-order valence-corrected chi connectivity index (χ2v) is 10.8. The molecular weight excluding hydrogens is 511 g/mol. The number of hydrogen-bond donors (Lipinski definition) is 0. The van der Waals surface area contributed by atoms with Gasteiger partial charge in [-0.3, -0.25) is 4.79 Å². The molecule has 1 amide bonds. The molecule has 1 unspecified atom stereocenters. The summed E-state index contributed by atoms with van der Waals surface area (Å²) < 4.78 is 29.7. The summed E-state index contributed by atoms with van der Waals surface area (Å²) in [4.78, 5) is 20.4. The Kier molecular flexibility index (Phi) is 7.04. The van der Waals surface area contributed by atoms with E-state index in [0.29, 0.717) is 12.1 Å². The third kappa shape index (κ3) is 4.54. The first kappa shape index (κ1) is 26.4. The topological polar surface area (TPSA) is 87.3 Å². The lowest BCUT2D eigenvalue weighted by Crippen LogP contribution is -2.40. The fourth-order valence-corrected chi connectivity index (χ4v) is 6.52. The zero-order valence-electron chi connectivity index (χ0n) is 23.4. The summed E-state index contributed by atoms with van der Waals surface area (Å²) in [5.41, 5.74) is 5.21. The van der Waals surface area contributed by atoms with Crippen LogP contribution < -0.4 is 9.64 Å². The number of nitrogens with zero attached hydrogens (tertiary/aromatic N) is 6. The Morgan fingerprint density at radius 2 is 1.82 bits per heavy atom. The zero-order chi connectivity index (χ0) is 28.0. The Morgan fingerprint density at radius 3 is 2.50 bits per heavy atom. The average molecular weight is 547 g/mol. The van der Waals surface area contributed by atoms with Crippen molar-refractivity contribution in [1.82, 2.24) is 24.5 Å². The fourth-order valence-electron chi connectivity index (χ4n) is 6.52. The van der Waals surface area contributed by atoms with E-state index in [1.807, 2.05) is 14.0 Å². The third-order valence-corrected chi connectivity index (χ3v) is 8.49. The average Bonchev–Trinajstić information content (AvgIpc) is 3.51. The standard InChI is InChI=1S/C30H35FN6O3/c1-18-29(35(2)34-33-18)19-8-14-25-24(16-19)32-30(37(25)20-9-12-22(39-3)13-10-20)26-6-5-7-28(38)36(26)21-11-15-27(40-4)23(31)17-21/h8,11,14-17,20,22,26H,5-7,9-10,12-13H2,1-4H3. The van der Waals surface area contributed by atoms with Gasteiger partial charge in [-0.1, -0.05) is 11.3 Å². The van der Waals surface area contributed by atoms with Gasteiger partial charge in [0.05, 0.1) is 41.7 Å². The van der Waals surface area contributed by atoms with Gasteiger partial charge in [0.15, 0.2) is 11.6 Å². The van der Waals surface area contributed by atoms with E-state index in [1.54, 1.807) is 28.8 Å². The van der Waals surface area contributed by atoms with Crippen molar-refractivity contribution >= 4 is 22.6 Å². The van der Waals surface area contributed by atoms with Gasteiger partial charge in [-0.15, -0.1) is 5.10 Å². The molecule has 6 rings (SSSR count).